The molecule has 0 saturated heterocycles. The summed E-state index contributed by atoms with van der Waals surface area (Å²) in [4.78, 5) is 11.9. The van der Waals surface area contributed by atoms with Gasteiger partial charge in [-0.25, -0.2) is 4.79 Å². The number of hydrogen-bond donors (Lipinski definition) is 2. The Hall–Kier alpha value is -1.51. The highest BCUT2D eigenvalue weighted by molar-refractivity contribution is 5.89. The van der Waals surface area contributed by atoms with Crippen LogP contribution in [0.5, 0.6) is 0 Å². The molecule has 98 valence electrons. The van der Waals surface area contributed by atoms with Crippen LogP contribution in [0.15, 0.2) is 24.3 Å². The molecule has 1 fully saturated rings. The molecule has 0 aliphatic heterocycles. The van der Waals surface area contributed by atoms with Crippen molar-refractivity contribution in [3.05, 3.63) is 29.8 Å². The van der Waals surface area contributed by atoms with E-state index in [1.54, 1.807) is 0 Å². The van der Waals surface area contributed by atoms with E-state index in [0.29, 0.717) is 6.04 Å². The SMILES string of the molecule is Cc1cccc(NC(=O)N[C@@H]2CCC[C@@H](C)C2)c1. The van der Waals surface area contributed by atoms with Gasteiger partial charge in [-0.15, -0.1) is 0 Å². The molecule has 3 heteroatoms. The number of hydrogen-bond acceptors (Lipinski definition) is 1. The van der Waals surface area contributed by atoms with Crippen molar-refractivity contribution in [2.24, 2.45) is 5.92 Å². The molecule has 3 nitrogen and oxygen atoms in total. The summed E-state index contributed by atoms with van der Waals surface area (Å²) in [6.45, 7) is 4.28. The molecule has 2 N–H and O–H groups in total. The van der Waals surface area contributed by atoms with E-state index in [1.807, 2.05) is 31.2 Å². The first-order valence-corrected chi connectivity index (χ1v) is 6.77. The van der Waals surface area contributed by atoms with Crippen molar-refractivity contribution in [1.29, 1.82) is 0 Å². The van der Waals surface area contributed by atoms with Gasteiger partial charge >= 0.3 is 6.03 Å². The van der Waals surface area contributed by atoms with Crippen LogP contribution in [0.3, 0.4) is 0 Å². The summed E-state index contributed by atoms with van der Waals surface area (Å²) in [7, 11) is 0. The summed E-state index contributed by atoms with van der Waals surface area (Å²) in [6, 6.07) is 8.11. The van der Waals surface area contributed by atoms with Gasteiger partial charge in [0.1, 0.15) is 0 Å². The molecule has 2 amide bonds. The summed E-state index contributed by atoms with van der Waals surface area (Å²) in [5, 5.41) is 5.96. The van der Waals surface area contributed by atoms with Crippen molar-refractivity contribution in [2.75, 3.05) is 5.32 Å². The van der Waals surface area contributed by atoms with Gasteiger partial charge in [-0.1, -0.05) is 31.9 Å². The van der Waals surface area contributed by atoms with Crippen molar-refractivity contribution in [3.8, 4) is 0 Å². The Morgan fingerprint density at radius 2 is 2.17 bits per heavy atom. The summed E-state index contributed by atoms with van der Waals surface area (Å²) in [5.41, 5.74) is 2.01. The van der Waals surface area contributed by atoms with Crippen LogP contribution in [-0.4, -0.2) is 12.1 Å². The van der Waals surface area contributed by atoms with Crippen molar-refractivity contribution in [3.63, 3.8) is 0 Å². The van der Waals surface area contributed by atoms with Gasteiger partial charge in [0.15, 0.2) is 0 Å². The minimum absolute atomic E-state index is 0.0836. The topological polar surface area (TPSA) is 41.1 Å². The summed E-state index contributed by atoms with van der Waals surface area (Å²) in [6.07, 6.45) is 4.71. The van der Waals surface area contributed by atoms with E-state index in [2.05, 4.69) is 17.6 Å². The fourth-order valence-corrected chi connectivity index (χ4v) is 2.64. The van der Waals surface area contributed by atoms with E-state index < -0.39 is 0 Å². The molecule has 1 aromatic rings. The molecular formula is C15H22N2O. The van der Waals surface area contributed by atoms with Crippen LogP contribution in [0.1, 0.15) is 38.2 Å². The molecule has 1 aliphatic rings. The first-order chi connectivity index (χ1) is 8.63. The van der Waals surface area contributed by atoms with Gasteiger partial charge in [0.25, 0.3) is 0 Å². The number of urea groups is 1. The van der Waals surface area contributed by atoms with Crippen molar-refractivity contribution in [2.45, 2.75) is 45.6 Å². The normalized spacial score (nSPS) is 23.4. The molecule has 0 bridgehead atoms. The average Bonchev–Trinajstić information content (AvgIpc) is 2.28. The minimum Gasteiger partial charge on any atom is -0.335 e. The van der Waals surface area contributed by atoms with Gasteiger partial charge in [-0.3, -0.25) is 0 Å². The van der Waals surface area contributed by atoms with Crippen LogP contribution in [-0.2, 0) is 0 Å². The van der Waals surface area contributed by atoms with Crippen molar-refractivity contribution >= 4 is 11.7 Å². The highest BCUT2D eigenvalue weighted by Gasteiger charge is 2.20. The van der Waals surface area contributed by atoms with Crippen LogP contribution in [0.25, 0.3) is 0 Å². The van der Waals surface area contributed by atoms with Gasteiger partial charge in [0.05, 0.1) is 0 Å². The lowest BCUT2D eigenvalue weighted by Crippen LogP contribution is -2.40. The zero-order valence-electron chi connectivity index (χ0n) is 11.2. The lowest BCUT2D eigenvalue weighted by molar-refractivity contribution is 0.238. The monoisotopic (exact) mass is 246 g/mol. The molecule has 1 aliphatic carbocycles. The number of amides is 2. The third-order valence-electron chi connectivity index (χ3n) is 3.55. The Kier molecular flexibility index (Phi) is 4.24. The fraction of sp³-hybridized carbons (Fsp3) is 0.533. The second-order valence-corrected chi connectivity index (χ2v) is 5.44. The van der Waals surface area contributed by atoms with E-state index in [9.17, 15) is 4.79 Å². The number of benzene rings is 1. The summed E-state index contributed by atoms with van der Waals surface area (Å²) in [5.74, 6) is 0.725. The second kappa shape index (κ2) is 5.89. The predicted octanol–water partition coefficient (Wildman–Crippen LogP) is 3.70. The zero-order chi connectivity index (χ0) is 13.0. The predicted molar refractivity (Wildman–Crippen MR) is 74.8 cm³/mol. The molecule has 0 heterocycles. The highest BCUT2D eigenvalue weighted by Crippen LogP contribution is 2.23. The average molecular weight is 246 g/mol. The molecule has 1 aromatic carbocycles. The quantitative estimate of drug-likeness (QED) is 0.821. The number of anilines is 1. The molecular weight excluding hydrogens is 224 g/mol. The number of aryl methyl sites for hydroxylation is 1. The van der Waals surface area contributed by atoms with Crippen molar-refractivity contribution < 1.29 is 4.79 Å². The number of nitrogens with one attached hydrogen (secondary N) is 2. The molecule has 0 aromatic heterocycles. The number of carbonyl (C=O) groups excluding carboxylic acids is 1. The first-order valence-electron chi connectivity index (χ1n) is 6.77. The number of carbonyl (C=O) groups is 1. The first kappa shape index (κ1) is 12.9. The Bertz CT molecular complexity index is 417. The Labute approximate surface area is 109 Å². The van der Waals surface area contributed by atoms with Gasteiger partial charge in [-0.2, -0.15) is 0 Å². The van der Waals surface area contributed by atoms with Crippen LogP contribution >= 0.6 is 0 Å². The molecule has 2 rings (SSSR count). The standard InChI is InChI=1S/C15H22N2O/c1-11-5-3-7-13(9-11)16-15(18)17-14-8-4-6-12(2)10-14/h3,5,7,9,12,14H,4,6,8,10H2,1-2H3,(H2,16,17,18)/t12-,14-/m1/s1. The van der Waals surface area contributed by atoms with E-state index in [4.69, 9.17) is 0 Å². The Balaban J connectivity index is 1.85. The second-order valence-electron chi connectivity index (χ2n) is 5.44. The minimum atomic E-state index is -0.0836. The lowest BCUT2D eigenvalue weighted by Gasteiger charge is -2.27. The van der Waals surface area contributed by atoms with Gasteiger partial charge < -0.3 is 10.6 Å². The molecule has 0 radical (unpaired) electrons. The van der Waals surface area contributed by atoms with E-state index >= 15 is 0 Å². The maximum Gasteiger partial charge on any atom is 0.319 e. The molecule has 18 heavy (non-hydrogen) atoms. The molecule has 0 unspecified atom stereocenters. The largest absolute Gasteiger partial charge is 0.335 e. The lowest BCUT2D eigenvalue weighted by atomic mass is 9.87. The maximum atomic E-state index is 11.9. The van der Waals surface area contributed by atoms with E-state index in [0.717, 1.165) is 30.0 Å². The van der Waals surface area contributed by atoms with Gasteiger partial charge in [-0.05, 0) is 43.4 Å². The van der Waals surface area contributed by atoms with Crippen LogP contribution in [0.2, 0.25) is 0 Å². The smallest absolute Gasteiger partial charge is 0.319 e. The van der Waals surface area contributed by atoms with Crippen molar-refractivity contribution in [1.82, 2.24) is 5.32 Å². The maximum absolute atomic E-state index is 11.9. The number of rotatable bonds is 2. The molecule has 2 atom stereocenters. The Morgan fingerprint density at radius 3 is 2.89 bits per heavy atom. The summed E-state index contributed by atoms with van der Waals surface area (Å²) >= 11 is 0. The van der Waals surface area contributed by atoms with Gasteiger partial charge in [0.2, 0.25) is 0 Å². The van der Waals surface area contributed by atoms with Crippen LogP contribution in [0, 0.1) is 12.8 Å². The third kappa shape index (κ3) is 3.76. The molecule has 0 spiro atoms. The fourth-order valence-electron chi connectivity index (χ4n) is 2.64. The zero-order valence-corrected chi connectivity index (χ0v) is 11.2. The van der Waals surface area contributed by atoms with Crippen LogP contribution in [0.4, 0.5) is 10.5 Å². The van der Waals surface area contributed by atoms with E-state index in [-0.39, 0.29) is 6.03 Å². The molecule has 1 saturated carbocycles. The van der Waals surface area contributed by atoms with Gasteiger partial charge in [0, 0.05) is 11.7 Å². The van der Waals surface area contributed by atoms with E-state index in [1.165, 1.54) is 12.8 Å². The highest BCUT2D eigenvalue weighted by atomic mass is 16.2. The Morgan fingerprint density at radius 1 is 1.33 bits per heavy atom. The van der Waals surface area contributed by atoms with Crippen LogP contribution < -0.4 is 10.6 Å². The summed E-state index contributed by atoms with van der Waals surface area (Å²) < 4.78 is 0. The third-order valence-corrected chi connectivity index (χ3v) is 3.55.